The average molecular weight is 338 g/mol. The third kappa shape index (κ3) is 1.61. The van der Waals surface area contributed by atoms with E-state index >= 15 is 0 Å². The van der Waals surface area contributed by atoms with Crippen LogP contribution in [0.2, 0.25) is 0 Å². The van der Waals surface area contributed by atoms with Crippen LogP contribution in [-0.2, 0) is 5.41 Å². The van der Waals surface area contributed by atoms with Crippen LogP contribution in [0.3, 0.4) is 0 Å². The van der Waals surface area contributed by atoms with Crippen LogP contribution in [-0.4, -0.2) is 3.68 Å². The summed E-state index contributed by atoms with van der Waals surface area (Å²) in [4.78, 5) is 0. The van der Waals surface area contributed by atoms with Crippen LogP contribution in [0.25, 0.3) is 0 Å². The van der Waals surface area contributed by atoms with Gasteiger partial charge in [0.1, 0.15) is 0 Å². The summed E-state index contributed by atoms with van der Waals surface area (Å²) in [5, 5.41) is 0. The summed E-state index contributed by atoms with van der Waals surface area (Å²) in [6.45, 7) is 0. The van der Waals surface area contributed by atoms with Crippen molar-refractivity contribution in [3.05, 3.63) is 71.8 Å². The highest BCUT2D eigenvalue weighted by atomic mass is 127. The molecule has 0 nitrogen and oxygen atoms in total. The predicted molar refractivity (Wildman–Crippen MR) is 76.1 cm³/mol. The van der Waals surface area contributed by atoms with Crippen LogP contribution in [0, 0.1) is 0 Å². The van der Waals surface area contributed by atoms with Gasteiger partial charge in [0.2, 0.25) is 0 Å². The minimum Gasteiger partial charge on any atom is -0.231 e. The molecule has 3 rings (SSSR count). The predicted octanol–water partition coefficient (Wildman–Crippen LogP) is 4.48. The molecule has 1 saturated carbocycles. The highest BCUT2D eigenvalue weighted by Crippen LogP contribution is 2.67. The molecular weight excluding hydrogens is 326 g/mol. The van der Waals surface area contributed by atoms with Gasteiger partial charge in [0.15, 0.2) is 3.68 Å². The Labute approximate surface area is 114 Å². The van der Waals surface area contributed by atoms with E-state index in [1.807, 2.05) is 83.3 Å². The summed E-state index contributed by atoms with van der Waals surface area (Å²) < 4.78 is 13.3. The monoisotopic (exact) mass is 338 g/mol. The number of alkyl halides is 2. The van der Waals surface area contributed by atoms with Crippen LogP contribution in [0.15, 0.2) is 60.7 Å². The Balaban J connectivity index is 2.15. The van der Waals surface area contributed by atoms with Crippen molar-refractivity contribution in [1.29, 1.82) is 0 Å². The van der Waals surface area contributed by atoms with Gasteiger partial charge in [-0.2, -0.15) is 0 Å². The van der Waals surface area contributed by atoms with Gasteiger partial charge >= 0.3 is 0 Å². The molecule has 17 heavy (non-hydrogen) atoms. The van der Waals surface area contributed by atoms with Crippen molar-refractivity contribution in [2.45, 2.75) is 15.5 Å². The molecule has 1 aliphatic rings. The van der Waals surface area contributed by atoms with Gasteiger partial charge in [-0.3, -0.25) is 0 Å². The van der Waals surface area contributed by atoms with E-state index in [0.717, 1.165) is 11.1 Å². The van der Waals surface area contributed by atoms with E-state index in [9.17, 15) is 4.39 Å². The smallest absolute Gasteiger partial charge is 0.176 e. The topological polar surface area (TPSA) is 0 Å². The molecule has 0 saturated heterocycles. The van der Waals surface area contributed by atoms with Gasteiger partial charge in [-0.15, -0.1) is 0 Å². The Morgan fingerprint density at radius 3 is 1.47 bits per heavy atom. The van der Waals surface area contributed by atoms with E-state index in [4.69, 9.17) is 0 Å². The van der Waals surface area contributed by atoms with Gasteiger partial charge in [0, 0.05) is 6.42 Å². The maximum Gasteiger partial charge on any atom is 0.176 e. The van der Waals surface area contributed by atoms with Gasteiger partial charge in [-0.05, 0) is 33.7 Å². The lowest BCUT2D eigenvalue weighted by atomic mass is 9.88. The Kier molecular flexibility index (Phi) is 2.51. The lowest BCUT2D eigenvalue weighted by Gasteiger charge is -2.18. The highest BCUT2D eigenvalue weighted by molar-refractivity contribution is 14.1. The number of benzene rings is 2. The number of rotatable bonds is 2. The molecule has 0 radical (unpaired) electrons. The first-order chi connectivity index (χ1) is 8.17. The second-order valence-electron chi connectivity index (χ2n) is 4.52. The fourth-order valence-corrected chi connectivity index (χ4v) is 3.72. The molecule has 86 valence electrons. The van der Waals surface area contributed by atoms with Crippen LogP contribution in [0.5, 0.6) is 0 Å². The summed E-state index contributed by atoms with van der Waals surface area (Å²) in [5.74, 6) is 0. The first kappa shape index (κ1) is 11.2. The number of hydrogen-bond donors (Lipinski definition) is 0. The normalized spacial score (nSPS) is 25.5. The van der Waals surface area contributed by atoms with E-state index in [2.05, 4.69) is 0 Å². The lowest BCUT2D eigenvalue weighted by Crippen LogP contribution is -2.16. The van der Waals surface area contributed by atoms with Crippen molar-refractivity contribution < 1.29 is 4.39 Å². The molecule has 2 aromatic carbocycles. The van der Waals surface area contributed by atoms with Crippen LogP contribution >= 0.6 is 22.6 Å². The van der Waals surface area contributed by atoms with Crippen molar-refractivity contribution in [2.75, 3.05) is 0 Å². The quantitative estimate of drug-likeness (QED) is 0.560. The van der Waals surface area contributed by atoms with Crippen molar-refractivity contribution in [3.63, 3.8) is 0 Å². The van der Waals surface area contributed by atoms with Crippen LogP contribution in [0.4, 0.5) is 4.39 Å². The zero-order valence-electron chi connectivity index (χ0n) is 9.24. The van der Waals surface area contributed by atoms with Crippen LogP contribution < -0.4 is 0 Å². The van der Waals surface area contributed by atoms with Gasteiger partial charge in [0.25, 0.3) is 0 Å². The zero-order chi connectivity index (χ0) is 11.9. The summed E-state index contributed by atoms with van der Waals surface area (Å²) in [6.07, 6.45) is 0.564. The highest BCUT2D eigenvalue weighted by Gasteiger charge is 2.69. The SMILES string of the molecule is F[C@]1(I)CC1(c1ccccc1)c1ccccc1. The number of halogens is 2. The van der Waals surface area contributed by atoms with Gasteiger partial charge in [0.05, 0.1) is 5.41 Å². The Morgan fingerprint density at radius 1 is 0.824 bits per heavy atom. The average Bonchev–Trinajstić information content (AvgIpc) is 2.96. The Hall–Kier alpha value is -0.900. The molecule has 2 heteroatoms. The lowest BCUT2D eigenvalue weighted by molar-refractivity contribution is 0.422. The van der Waals surface area contributed by atoms with Gasteiger partial charge in [-0.25, -0.2) is 4.39 Å². The second kappa shape index (κ2) is 3.80. The molecule has 0 N–H and O–H groups in total. The third-order valence-corrected chi connectivity index (χ3v) is 4.82. The molecule has 0 spiro atoms. The maximum atomic E-state index is 14.5. The first-order valence-corrected chi connectivity index (χ1v) is 6.74. The summed E-state index contributed by atoms with van der Waals surface area (Å²) >= 11 is 1.94. The molecule has 0 heterocycles. The van der Waals surface area contributed by atoms with E-state index in [1.165, 1.54) is 0 Å². The van der Waals surface area contributed by atoms with Crippen molar-refractivity contribution in [3.8, 4) is 0 Å². The molecule has 0 amide bonds. The molecule has 2 aromatic rings. The Morgan fingerprint density at radius 2 is 1.18 bits per heavy atom. The van der Waals surface area contributed by atoms with E-state index in [1.54, 1.807) is 0 Å². The van der Waals surface area contributed by atoms with Crippen LogP contribution in [0.1, 0.15) is 17.5 Å². The summed E-state index contributed by atoms with van der Waals surface area (Å²) in [7, 11) is 0. The summed E-state index contributed by atoms with van der Waals surface area (Å²) in [5.41, 5.74) is 1.70. The molecule has 0 bridgehead atoms. The summed E-state index contributed by atoms with van der Waals surface area (Å²) in [6, 6.07) is 19.9. The second-order valence-corrected chi connectivity index (χ2v) is 6.23. The minimum absolute atomic E-state index is 0.448. The molecule has 1 atom stereocenters. The van der Waals surface area contributed by atoms with Crippen molar-refractivity contribution >= 4 is 22.6 Å². The third-order valence-electron chi connectivity index (χ3n) is 3.52. The molecule has 0 aromatic heterocycles. The Bertz CT molecular complexity index is 480. The van der Waals surface area contributed by atoms with E-state index < -0.39 is 9.09 Å². The first-order valence-electron chi connectivity index (χ1n) is 5.66. The fourth-order valence-electron chi connectivity index (χ4n) is 2.53. The van der Waals surface area contributed by atoms with Crippen molar-refractivity contribution in [2.24, 2.45) is 0 Å². The standard InChI is InChI=1S/C15H12FI/c16-15(17)11-14(15,12-7-3-1-4-8-12)13-9-5-2-6-10-13/h1-10H,11H2/t15-/m0/s1. The molecular formula is C15H12FI. The van der Waals surface area contributed by atoms with E-state index in [0.29, 0.717) is 6.42 Å². The zero-order valence-corrected chi connectivity index (χ0v) is 11.4. The maximum absolute atomic E-state index is 14.5. The number of hydrogen-bond acceptors (Lipinski definition) is 0. The molecule has 1 aliphatic carbocycles. The molecule has 1 fully saturated rings. The fraction of sp³-hybridized carbons (Fsp3) is 0.200. The largest absolute Gasteiger partial charge is 0.231 e. The van der Waals surface area contributed by atoms with Crippen molar-refractivity contribution in [1.82, 2.24) is 0 Å². The van der Waals surface area contributed by atoms with Gasteiger partial charge < -0.3 is 0 Å². The molecule has 0 unspecified atom stereocenters. The minimum atomic E-state index is -1.16. The van der Waals surface area contributed by atoms with E-state index in [-0.39, 0.29) is 0 Å². The van der Waals surface area contributed by atoms with Gasteiger partial charge in [-0.1, -0.05) is 60.7 Å². The molecule has 0 aliphatic heterocycles.